The first-order chi connectivity index (χ1) is 14.8. The summed E-state index contributed by atoms with van der Waals surface area (Å²) in [7, 11) is 3.98. The zero-order valence-corrected chi connectivity index (χ0v) is 18.9. The number of carboxylic acid groups (broad SMARTS) is 1. The highest BCUT2D eigenvalue weighted by molar-refractivity contribution is 5.74. The molecule has 2 aliphatic carbocycles. The van der Waals surface area contributed by atoms with Crippen LogP contribution in [0.25, 0.3) is 0 Å². The summed E-state index contributed by atoms with van der Waals surface area (Å²) >= 11 is 0. The second-order valence-electron chi connectivity index (χ2n) is 10.0. The van der Waals surface area contributed by atoms with Gasteiger partial charge in [0.2, 0.25) is 0 Å². The summed E-state index contributed by atoms with van der Waals surface area (Å²) in [5.74, 6) is -0.0655. The van der Waals surface area contributed by atoms with Crippen LogP contribution in [0.4, 0.5) is 0 Å². The number of hydrogen-bond donors (Lipinski definition) is 3. The van der Waals surface area contributed by atoms with Crippen molar-refractivity contribution in [3.63, 3.8) is 0 Å². The number of phenols is 1. The normalized spacial score (nSPS) is 37.6. The van der Waals surface area contributed by atoms with Crippen molar-refractivity contribution in [3.8, 4) is 11.5 Å². The van der Waals surface area contributed by atoms with Gasteiger partial charge < -0.3 is 24.6 Å². The molecule has 0 amide bonds. The summed E-state index contributed by atoms with van der Waals surface area (Å²) in [6.07, 6.45) is 3.85. The number of benzene rings is 1. The van der Waals surface area contributed by atoms with Crippen LogP contribution in [0, 0.1) is 5.92 Å². The first-order valence-corrected chi connectivity index (χ1v) is 11.6. The van der Waals surface area contributed by atoms with E-state index in [-0.39, 0.29) is 29.9 Å². The van der Waals surface area contributed by atoms with E-state index in [1.165, 1.54) is 5.56 Å². The topological polar surface area (TPSA) is 91.3 Å². The van der Waals surface area contributed by atoms with Crippen LogP contribution in [0.3, 0.4) is 0 Å². The van der Waals surface area contributed by atoms with Crippen LogP contribution in [-0.4, -0.2) is 71.6 Å². The van der Waals surface area contributed by atoms with Gasteiger partial charge in [0.25, 0.3) is 0 Å². The van der Waals surface area contributed by atoms with E-state index < -0.39 is 23.0 Å². The van der Waals surface area contributed by atoms with Crippen molar-refractivity contribution in [1.29, 1.82) is 0 Å². The molecule has 170 valence electrons. The van der Waals surface area contributed by atoms with Crippen molar-refractivity contribution < 1.29 is 24.5 Å². The van der Waals surface area contributed by atoms with Gasteiger partial charge in [0, 0.05) is 24.8 Å². The van der Waals surface area contributed by atoms with E-state index in [1.807, 2.05) is 27.0 Å². The number of carboxylic acids is 1. The monoisotopic (exact) mass is 430 g/mol. The van der Waals surface area contributed by atoms with Gasteiger partial charge in [0.15, 0.2) is 11.5 Å². The van der Waals surface area contributed by atoms with Gasteiger partial charge in [-0.1, -0.05) is 26.3 Å². The standard InChI is InChI=1S/C24H34N2O5/c1-5-13(2)19(22(28)29)25-15-8-9-24(30-4)17-12-14-6-7-16(27)20-18(14)23(24,21(15)31-20)10-11-26(17)3/h6-7,13,15,17,19,21,25,27H,5,8-12H2,1-4H3,(H,28,29)/t13?,15-,17?,19?,21-,23-,24+/m0/s1. The Labute approximate surface area is 183 Å². The van der Waals surface area contributed by atoms with Crippen molar-refractivity contribution in [1.82, 2.24) is 10.2 Å². The lowest BCUT2D eigenvalue weighted by molar-refractivity contribution is -0.204. The largest absolute Gasteiger partial charge is 0.504 e. The third kappa shape index (κ3) is 2.54. The Morgan fingerprint density at radius 2 is 2.19 bits per heavy atom. The molecule has 4 aliphatic rings. The van der Waals surface area contributed by atoms with Crippen LogP contribution in [0.15, 0.2) is 12.1 Å². The van der Waals surface area contributed by atoms with Gasteiger partial charge in [-0.15, -0.1) is 0 Å². The average Bonchev–Trinajstić information content (AvgIpc) is 3.12. The number of nitrogens with one attached hydrogen (secondary N) is 1. The van der Waals surface area contributed by atoms with Crippen LogP contribution in [-0.2, 0) is 21.4 Å². The Kier molecular flexibility index (Phi) is 4.81. The van der Waals surface area contributed by atoms with Crippen molar-refractivity contribution in [2.75, 3.05) is 20.7 Å². The third-order valence-corrected chi connectivity index (χ3v) is 8.93. The molecular weight excluding hydrogens is 396 g/mol. The molecule has 31 heavy (non-hydrogen) atoms. The van der Waals surface area contributed by atoms with E-state index in [4.69, 9.17) is 9.47 Å². The Hall–Kier alpha value is -1.83. The number of hydrogen-bond acceptors (Lipinski definition) is 6. The van der Waals surface area contributed by atoms with Crippen LogP contribution < -0.4 is 10.1 Å². The molecule has 7 heteroatoms. The number of likely N-dealkylation sites (N-methyl/N-ethyl adjacent to an activating group) is 1. The summed E-state index contributed by atoms with van der Waals surface area (Å²) in [4.78, 5) is 14.5. The summed E-state index contributed by atoms with van der Waals surface area (Å²) in [6.45, 7) is 4.92. The van der Waals surface area contributed by atoms with Gasteiger partial charge in [0.1, 0.15) is 12.1 Å². The highest BCUT2D eigenvalue weighted by atomic mass is 16.5. The molecule has 0 aromatic heterocycles. The number of aromatic hydroxyl groups is 1. The first kappa shape index (κ1) is 21.0. The van der Waals surface area contributed by atoms with Gasteiger partial charge in [-0.25, -0.2) is 0 Å². The predicted octanol–water partition coefficient (Wildman–Crippen LogP) is 2.29. The minimum atomic E-state index is -0.820. The van der Waals surface area contributed by atoms with Crippen LogP contribution >= 0.6 is 0 Å². The van der Waals surface area contributed by atoms with E-state index in [9.17, 15) is 15.0 Å². The zero-order valence-electron chi connectivity index (χ0n) is 18.9. The number of likely N-dealkylation sites (tertiary alicyclic amines) is 1. The fourth-order valence-corrected chi connectivity index (χ4v) is 7.26. The molecule has 3 N–H and O–H groups in total. The Morgan fingerprint density at radius 1 is 1.42 bits per heavy atom. The zero-order chi connectivity index (χ0) is 22.1. The Bertz CT molecular complexity index is 906. The molecule has 7 nitrogen and oxygen atoms in total. The molecule has 1 aromatic carbocycles. The fraction of sp³-hybridized carbons (Fsp3) is 0.708. The molecule has 1 saturated heterocycles. The molecule has 5 rings (SSSR count). The first-order valence-electron chi connectivity index (χ1n) is 11.6. The number of nitrogens with zero attached hydrogens (tertiary/aromatic N) is 1. The maximum atomic E-state index is 12.1. The fourth-order valence-electron chi connectivity index (χ4n) is 7.26. The van der Waals surface area contributed by atoms with Crippen molar-refractivity contribution in [2.24, 2.45) is 5.92 Å². The number of methoxy groups -OCH3 is 1. The van der Waals surface area contributed by atoms with Crippen molar-refractivity contribution in [2.45, 2.75) is 81.2 Å². The van der Waals surface area contributed by atoms with E-state index in [1.54, 1.807) is 6.07 Å². The predicted molar refractivity (Wildman–Crippen MR) is 116 cm³/mol. The number of phenolic OH excluding ortho intramolecular Hbond substituents is 1. The molecule has 2 bridgehead atoms. The molecule has 2 heterocycles. The summed E-state index contributed by atoms with van der Waals surface area (Å²) in [5.41, 5.74) is 1.52. The van der Waals surface area contributed by atoms with Gasteiger partial charge in [0.05, 0.1) is 11.0 Å². The average molecular weight is 431 g/mol. The molecule has 2 aliphatic heterocycles. The second kappa shape index (κ2) is 7.09. The molecule has 1 spiro atoms. The smallest absolute Gasteiger partial charge is 0.320 e. The number of carbonyl (C=O) groups is 1. The van der Waals surface area contributed by atoms with Gasteiger partial charge in [-0.2, -0.15) is 0 Å². The summed E-state index contributed by atoms with van der Waals surface area (Å²) < 4.78 is 13.0. The van der Waals surface area contributed by atoms with Gasteiger partial charge >= 0.3 is 5.97 Å². The lowest BCUT2D eigenvalue weighted by atomic mass is 9.48. The molecule has 1 aromatic rings. The molecule has 7 atom stereocenters. The van der Waals surface area contributed by atoms with Gasteiger partial charge in [-0.05, 0) is 56.8 Å². The minimum Gasteiger partial charge on any atom is -0.504 e. The SMILES string of the molecule is CCC(C)C(N[C@H]1CC[C@@]2(OC)C3Cc4ccc(O)c5c4[C@@]2(CCN3C)[C@H]1O5)C(=O)O. The quantitative estimate of drug-likeness (QED) is 0.638. The summed E-state index contributed by atoms with van der Waals surface area (Å²) in [5, 5.41) is 24.1. The molecule has 3 unspecified atom stereocenters. The second-order valence-corrected chi connectivity index (χ2v) is 10.0. The van der Waals surface area contributed by atoms with Gasteiger partial charge in [-0.3, -0.25) is 10.1 Å². The minimum absolute atomic E-state index is 0.00782. The van der Waals surface area contributed by atoms with Crippen LogP contribution in [0.1, 0.15) is 50.7 Å². The van der Waals surface area contributed by atoms with Crippen molar-refractivity contribution in [3.05, 3.63) is 23.3 Å². The number of ether oxygens (including phenoxy) is 2. The van der Waals surface area contributed by atoms with E-state index in [2.05, 4.69) is 17.3 Å². The summed E-state index contributed by atoms with van der Waals surface area (Å²) in [6, 6.07) is 3.24. The van der Waals surface area contributed by atoms with E-state index in [0.29, 0.717) is 5.75 Å². The Balaban J connectivity index is 1.64. The highest BCUT2D eigenvalue weighted by Gasteiger charge is 2.73. The van der Waals surface area contributed by atoms with Crippen LogP contribution in [0.5, 0.6) is 11.5 Å². The number of aliphatic carboxylic acids is 1. The molecule has 2 fully saturated rings. The van der Waals surface area contributed by atoms with Crippen molar-refractivity contribution >= 4 is 5.97 Å². The molecule has 0 radical (unpaired) electrons. The lowest BCUT2D eigenvalue weighted by Gasteiger charge is -2.65. The van der Waals surface area contributed by atoms with Crippen LogP contribution in [0.2, 0.25) is 0 Å². The highest BCUT2D eigenvalue weighted by Crippen LogP contribution is 2.66. The number of rotatable bonds is 6. The lowest BCUT2D eigenvalue weighted by Crippen LogP contribution is -2.78. The third-order valence-electron chi connectivity index (χ3n) is 8.93. The van der Waals surface area contributed by atoms with E-state index in [0.717, 1.165) is 44.2 Å². The Morgan fingerprint density at radius 3 is 2.87 bits per heavy atom. The maximum Gasteiger partial charge on any atom is 0.320 e. The van der Waals surface area contributed by atoms with E-state index >= 15 is 0 Å². The maximum absolute atomic E-state index is 12.1. The molecule has 1 saturated carbocycles. The number of piperidine rings is 1. The molecular formula is C24H34N2O5.